The first-order valence-electron chi connectivity index (χ1n) is 7.31. The van der Waals surface area contributed by atoms with Crippen LogP contribution in [-0.2, 0) is 13.3 Å². The van der Waals surface area contributed by atoms with Crippen molar-refractivity contribution in [2.75, 3.05) is 32.9 Å². The molecule has 0 rings (SSSR count). The van der Waals surface area contributed by atoms with Crippen LogP contribution in [0.3, 0.4) is 0 Å². The summed E-state index contributed by atoms with van der Waals surface area (Å²) in [5.74, 6) is 0. The summed E-state index contributed by atoms with van der Waals surface area (Å²) < 4.78 is 18.0. The van der Waals surface area contributed by atoms with E-state index in [9.17, 15) is 0 Å². The number of nitrogens with zero attached hydrogens (tertiary/aromatic N) is 1. The van der Waals surface area contributed by atoms with Crippen LogP contribution < -0.4 is 0 Å². The second-order valence-electron chi connectivity index (χ2n) is 4.05. The monoisotopic (exact) mass is 277 g/mol. The Morgan fingerprint density at radius 3 is 1.39 bits per heavy atom. The largest absolute Gasteiger partial charge is 0.519 e. The third kappa shape index (κ3) is 4.62. The van der Waals surface area contributed by atoms with Crippen LogP contribution in [0.25, 0.3) is 0 Å². The maximum atomic E-state index is 6.00. The summed E-state index contributed by atoms with van der Waals surface area (Å²) in [6.07, 6.45) is 0.994. The minimum atomic E-state index is -2.60. The van der Waals surface area contributed by atoms with E-state index in [0.717, 1.165) is 19.5 Å². The van der Waals surface area contributed by atoms with Crippen molar-refractivity contribution in [1.29, 1.82) is 0 Å². The standard InChI is InChI=1S/C13H31NO3Si/c1-7-13(14(8-2)9-3)18(15-10-4,16-11-5)17-12-6/h13H,7-12H2,1-6H3. The fourth-order valence-corrected chi connectivity index (χ4v) is 5.76. The lowest BCUT2D eigenvalue weighted by Crippen LogP contribution is -2.62. The summed E-state index contributed by atoms with van der Waals surface area (Å²) in [4.78, 5) is 2.40. The van der Waals surface area contributed by atoms with Crippen LogP contribution >= 0.6 is 0 Å². The Bertz CT molecular complexity index is 184. The van der Waals surface area contributed by atoms with Gasteiger partial charge in [-0.1, -0.05) is 20.8 Å². The predicted octanol–water partition coefficient (Wildman–Crippen LogP) is 2.69. The predicted molar refractivity (Wildman–Crippen MR) is 77.6 cm³/mol. The molecule has 0 aliphatic heterocycles. The van der Waals surface area contributed by atoms with Crippen molar-refractivity contribution in [3.8, 4) is 0 Å². The fourth-order valence-electron chi connectivity index (χ4n) is 2.41. The third-order valence-electron chi connectivity index (χ3n) is 3.08. The van der Waals surface area contributed by atoms with Gasteiger partial charge in [0.15, 0.2) is 0 Å². The van der Waals surface area contributed by atoms with Gasteiger partial charge in [0.05, 0.1) is 5.67 Å². The number of hydrogen-bond acceptors (Lipinski definition) is 4. The first-order valence-corrected chi connectivity index (χ1v) is 9.11. The van der Waals surface area contributed by atoms with Crippen molar-refractivity contribution in [2.45, 2.75) is 53.6 Å². The van der Waals surface area contributed by atoms with E-state index in [4.69, 9.17) is 13.3 Å². The van der Waals surface area contributed by atoms with Crippen molar-refractivity contribution in [2.24, 2.45) is 0 Å². The van der Waals surface area contributed by atoms with Gasteiger partial charge in [0.2, 0.25) is 0 Å². The van der Waals surface area contributed by atoms with E-state index in [0.29, 0.717) is 19.8 Å². The van der Waals surface area contributed by atoms with E-state index >= 15 is 0 Å². The molecule has 0 aromatic heterocycles. The molecule has 0 heterocycles. The van der Waals surface area contributed by atoms with Crippen LogP contribution in [0.4, 0.5) is 0 Å². The summed E-state index contributed by atoms with van der Waals surface area (Å²) in [5, 5.41) is 0. The molecule has 0 amide bonds. The Hall–Kier alpha value is 0.0569. The molecule has 0 bridgehead atoms. The van der Waals surface area contributed by atoms with E-state index in [2.05, 4.69) is 25.7 Å². The molecule has 0 N–H and O–H groups in total. The SMILES string of the molecule is CCO[Si](OCC)(OCC)C(CC)N(CC)CC. The summed E-state index contributed by atoms with van der Waals surface area (Å²) >= 11 is 0. The fraction of sp³-hybridized carbons (Fsp3) is 1.00. The first-order chi connectivity index (χ1) is 8.65. The summed E-state index contributed by atoms with van der Waals surface area (Å²) in [6.45, 7) is 16.5. The lowest BCUT2D eigenvalue weighted by molar-refractivity contribution is 0.0356. The highest BCUT2D eigenvalue weighted by Crippen LogP contribution is 2.22. The van der Waals surface area contributed by atoms with Crippen molar-refractivity contribution in [3.63, 3.8) is 0 Å². The molecule has 0 fully saturated rings. The molecule has 0 aromatic rings. The zero-order valence-electron chi connectivity index (χ0n) is 13.0. The lowest BCUT2D eigenvalue weighted by atomic mass is 10.4. The van der Waals surface area contributed by atoms with Crippen LogP contribution in [0.15, 0.2) is 0 Å². The molecule has 1 atom stereocenters. The molecule has 0 aromatic carbocycles. The van der Waals surface area contributed by atoms with E-state index in [1.54, 1.807) is 0 Å². The molecule has 0 saturated heterocycles. The van der Waals surface area contributed by atoms with Crippen LogP contribution in [0.2, 0.25) is 0 Å². The van der Waals surface area contributed by atoms with Crippen molar-refractivity contribution >= 4 is 8.80 Å². The molecule has 0 aliphatic carbocycles. The molecule has 0 radical (unpaired) electrons. The first kappa shape index (κ1) is 18.1. The van der Waals surface area contributed by atoms with Gasteiger partial charge in [-0.25, -0.2) is 0 Å². The van der Waals surface area contributed by atoms with Crippen molar-refractivity contribution in [3.05, 3.63) is 0 Å². The smallest absolute Gasteiger partial charge is 0.373 e. The summed E-state index contributed by atoms with van der Waals surface area (Å²) in [6, 6.07) is 0. The van der Waals surface area contributed by atoms with Gasteiger partial charge in [0.25, 0.3) is 0 Å². The van der Waals surface area contributed by atoms with E-state index in [-0.39, 0.29) is 5.67 Å². The molecule has 110 valence electrons. The maximum Gasteiger partial charge on any atom is 0.519 e. The van der Waals surface area contributed by atoms with Crippen LogP contribution in [-0.4, -0.2) is 52.3 Å². The van der Waals surface area contributed by atoms with Gasteiger partial charge in [-0.15, -0.1) is 0 Å². The van der Waals surface area contributed by atoms with Gasteiger partial charge in [0, 0.05) is 19.8 Å². The molecule has 4 nitrogen and oxygen atoms in total. The van der Waals surface area contributed by atoms with Crippen LogP contribution in [0.1, 0.15) is 48.0 Å². The normalized spacial score (nSPS) is 14.2. The van der Waals surface area contributed by atoms with E-state index in [1.165, 1.54) is 0 Å². The quantitative estimate of drug-likeness (QED) is 0.543. The minimum Gasteiger partial charge on any atom is -0.373 e. The van der Waals surface area contributed by atoms with E-state index in [1.807, 2.05) is 20.8 Å². The molecule has 0 aliphatic rings. The summed E-state index contributed by atoms with van der Waals surface area (Å²) in [5.41, 5.74) is 0.257. The van der Waals surface area contributed by atoms with Gasteiger partial charge in [-0.3, -0.25) is 4.90 Å². The van der Waals surface area contributed by atoms with Gasteiger partial charge in [-0.2, -0.15) is 0 Å². The highest BCUT2D eigenvalue weighted by molar-refractivity contribution is 6.62. The second-order valence-corrected chi connectivity index (χ2v) is 6.79. The van der Waals surface area contributed by atoms with Crippen LogP contribution in [0.5, 0.6) is 0 Å². The minimum absolute atomic E-state index is 0.257. The maximum absolute atomic E-state index is 6.00. The zero-order valence-corrected chi connectivity index (χ0v) is 14.0. The van der Waals surface area contributed by atoms with Gasteiger partial charge >= 0.3 is 8.80 Å². The second kappa shape index (κ2) is 9.92. The molecular weight excluding hydrogens is 246 g/mol. The Balaban J connectivity index is 5.16. The van der Waals surface area contributed by atoms with Gasteiger partial charge in [-0.05, 0) is 40.3 Å². The lowest BCUT2D eigenvalue weighted by Gasteiger charge is -2.40. The molecule has 18 heavy (non-hydrogen) atoms. The third-order valence-corrected chi connectivity index (χ3v) is 6.75. The topological polar surface area (TPSA) is 30.9 Å². The Morgan fingerprint density at radius 1 is 0.778 bits per heavy atom. The average molecular weight is 277 g/mol. The molecule has 0 spiro atoms. The Morgan fingerprint density at radius 2 is 1.17 bits per heavy atom. The highest BCUT2D eigenvalue weighted by Gasteiger charge is 2.50. The summed E-state index contributed by atoms with van der Waals surface area (Å²) in [7, 11) is -2.60. The molecule has 0 saturated carbocycles. The molecule has 5 heteroatoms. The Labute approximate surface area is 114 Å². The average Bonchev–Trinajstić information content (AvgIpc) is 2.36. The number of hydrogen-bond donors (Lipinski definition) is 0. The van der Waals surface area contributed by atoms with Crippen molar-refractivity contribution < 1.29 is 13.3 Å². The molecular formula is C13H31NO3Si. The zero-order chi connectivity index (χ0) is 14.0. The van der Waals surface area contributed by atoms with Gasteiger partial charge < -0.3 is 13.3 Å². The Kier molecular flexibility index (Phi) is 9.95. The van der Waals surface area contributed by atoms with E-state index < -0.39 is 8.80 Å². The highest BCUT2D eigenvalue weighted by atomic mass is 28.4. The molecule has 1 unspecified atom stereocenters. The van der Waals surface area contributed by atoms with Gasteiger partial charge in [0.1, 0.15) is 0 Å². The van der Waals surface area contributed by atoms with Crippen LogP contribution in [0, 0.1) is 0 Å². The number of rotatable bonds is 11. The van der Waals surface area contributed by atoms with Crippen molar-refractivity contribution in [1.82, 2.24) is 4.90 Å².